The van der Waals surface area contributed by atoms with Crippen molar-refractivity contribution in [2.45, 2.75) is 6.42 Å². The molecular weight excluding hydrogens is 350 g/mol. The highest BCUT2D eigenvalue weighted by Gasteiger charge is 2.14. The standard InChI is InChI=1S/C17H11Cl2FN4/c18-13-7-10(20)8-14(19)12(13)9-15-11-2-6-24(16(11)1-3-21-15)17-22-4-5-23-17/h1-8H,9H2,(H,22,23). The van der Waals surface area contributed by atoms with Crippen LogP contribution < -0.4 is 0 Å². The maximum atomic E-state index is 13.4. The van der Waals surface area contributed by atoms with Gasteiger partial charge in [0.2, 0.25) is 5.95 Å². The summed E-state index contributed by atoms with van der Waals surface area (Å²) in [4.78, 5) is 11.8. The van der Waals surface area contributed by atoms with Crippen LogP contribution in [0.25, 0.3) is 16.9 Å². The van der Waals surface area contributed by atoms with Gasteiger partial charge in [0.15, 0.2) is 0 Å². The fraction of sp³-hybridized carbons (Fsp3) is 0.0588. The number of hydrogen-bond acceptors (Lipinski definition) is 2. The summed E-state index contributed by atoms with van der Waals surface area (Å²) in [6, 6.07) is 6.40. The Kier molecular flexibility index (Phi) is 3.75. The molecule has 3 aromatic heterocycles. The lowest BCUT2D eigenvalue weighted by molar-refractivity contribution is 0.627. The van der Waals surface area contributed by atoms with Gasteiger partial charge in [-0.2, -0.15) is 0 Å². The van der Waals surface area contributed by atoms with Crippen LogP contribution in [0.4, 0.5) is 4.39 Å². The van der Waals surface area contributed by atoms with E-state index in [0.29, 0.717) is 22.0 Å². The maximum Gasteiger partial charge on any atom is 0.211 e. The zero-order chi connectivity index (χ0) is 16.7. The number of rotatable bonds is 3. The average molecular weight is 361 g/mol. The fourth-order valence-electron chi connectivity index (χ4n) is 2.75. The Balaban J connectivity index is 1.81. The molecule has 7 heteroatoms. The van der Waals surface area contributed by atoms with Gasteiger partial charge in [-0.05, 0) is 29.8 Å². The number of aromatic amines is 1. The second kappa shape index (κ2) is 5.92. The van der Waals surface area contributed by atoms with Gasteiger partial charge < -0.3 is 4.98 Å². The summed E-state index contributed by atoms with van der Waals surface area (Å²) in [6.07, 6.45) is 7.52. The SMILES string of the molecule is Fc1cc(Cl)c(Cc2nccc3c2ccn3-c2ncc[nH]2)c(Cl)c1. The third-order valence-corrected chi connectivity index (χ3v) is 4.54. The van der Waals surface area contributed by atoms with Crippen molar-refractivity contribution in [1.29, 1.82) is 0 Å². The molecule has 0 radical (unpaired) electrons. The average Bonchev–Trinajstić information content (AvgIpc) is 3.19. The van der Waals surface area contributed by atoms with Crippen molar-refractivity contribution >= 4 is 34.1 Å². The monoisotopic (exact) mass is 360 g/mol. The first-order chi connectivity index (χ1) is 11.6. The minimum Gasteiger partial charge on any atom is -0.330 e. The number of imidazole rings is 1. The van der Waals surface area contributed by atoms with Gasteiger partial charge in [0.1, 0.15) is 5.82 Å². The lowest BCUT2D eigenvalue weighted by Gasteiger charge is -2.08. The van der Waals surface area contributed by atoms with Crippen LogP contribution in [-0.2, 0) is 6.42 Å². The van der Waals surface area contributed by atoms with E-state index in [-0.39, 0.29) is 0 Å². The van der Waals surface area contributed by atoms with E-state index in [4.69, 9.17) is 23.2 Å². The van der Waals surface area contributed by atoms with Crippen LogP contribution in [0.2, 0.25) is 10.0 Å². The predicted molar refractivity (Wildman–Crippen MR) is 92.4 cm³/mol. The normalized spacial score (nSPS) is 11.3. The molecule has 0 saturated carbocycles. The fourth-order valence-corrected chi connectivity index (χ4v) is 3.34. The van der Waals surface area contributed by atoms with Crippen LogP contribution in [0.1, 0.15) is 11.3 Å². The van der Waals surface area contributed by atoms with E-state index in [1.165, 1.54) is 12.1 Å². The zero-order valence-corrected chi connectivity index (χ0v) is 13.8. The molecule has 0 aliphatic rings. The Morgan fingerprint density at radius 2 is 1.88 bits per heavy atom. The summed E-state index contributed by atoms with van der Waals surface area (Å²) in [5.74, 6) is 0.267. The second-order valence-electron chi connectivity index (χ2n) is 5.31. The summed E-state index contributed by atoms with van der Waals surface area (Å²) in [6.45, 7) is 0. The molecule has 4 nitrogen and oxygen atoms in total. The van der Waals surface area contributed by atoms with Crippen LogP contribution >= 0.6 is 23.2 Å². The Hall–Kier alpha value is -2.37. The van der Waals surface area contributed by atoms with Crippen molar-refractivity contribution in [3.8, 4) is 5.95 Å². The van der Waals surface area contributed by atoms with Crippen LogP contribution in [0.3, 0.4) is 0 Å². The summed E-state index contributed by atoms with van der Waals surface area (Å²) in [5.41, 5.74) is 2.43. The predicted octanol–water partition coefficient (Wildman–Crippen LogP) is 4.79. The van der Waals surface area contributed by atoms with Gasteiger partial charge in [-0.25, -0.2) is 9.37 Å². The first-order valence-electron chi connectivity index (χ1n) is 7.21. The van der Waals surface area contributed by atoms with Gasteiger partial charge >= 0.3 is 0 Å². The van der Waals surface area contributed by atoms with Gasteiger partial charge in [0, 0.05) is 46.6 Å². The highest BCUT2D eigenvalue weighted by Crippen LogP contribution is 2.30. The number of H-pyrrole nitrogens is 1. The molecule has 0 aliphatic heterocycles. The maximum absolute atomic E-state index is 13.4. The van der Waals surface area contributed by atoms with E-state index in [1.807, 2.05) is 22.9 Å². The van der Waals surface area contributed by atoms with Crippen LogP contribution in [-0.4, -0.2) is 19.5 Å². The summed E-state index contributed by atoms with van der Waals surface area (Å²) < 4.78 is 15.3. The number of halogens is 3. The summed E-state index contributed by atoms with van der Waals surface area (Å²) >= 11 is 12.3. The second-order valence-corrected chi connectivity index (χ2v) is 6.13. The van der Waals surface area contributed by atoms with E-state index in [9.17, 15) is 4.39 Å². The number of fused-ring (bicyclic) bond motifs is 1. The Morgan fingerprint density at radius 3 is 2.58 bits per heavy atom. The minimum atomic E-state index is -0.455. The van der Waals surface area contributed by atoms with Crippen molar-refractivity contribution in [2.24, 2.45) is 0 Å². The topological polar surface area (TPSA) is 46.5 Å². The molecule has 4 aromatic rings. The Bertz CT molecular complexity index is 1000. The summed E-state index contributed by atoms with van der Waals surface area (Å²) in [5, 5.41) is 1.55. The Morgan fingerprint density at radius 1 is 1.08 bits per heavy atom. The van der Waals surface area contributed by atoms with E-state index < -0.39 is 5.82 Å². The Labute approximate surface area is 146 Å². The molecule has 4 rings (SSSR count). The number of pyridine rings is 1. The van der Waals surface area contributed by atoms with E-state index >= 15 is 0 Å². The number of benzene rings is 1. The van der Waals surface area contributed by atoms with Crippen LogP contribution in [0.15, 0.2) is 49.1 Å². The molecular formula is C17H11Cl2FN4. The molecule has 1 aromatic carbocycles. The molecule has 0 amide bonds. The summed E-state index contributed by atoms with van der Waals surface area (Å²) in [7, 11) is 0. The van der Waals surface area contributed by atoms with Gasteiger partial charge in [-0.3, -0.25) is 9.55 Å². The van der Waals surface area contributed by atoms with Gasteiger partial charge in [-0.15, -0.1) is 0 Å². The highest BCUT2D eigenvalue weighted by molar-refractivity contribution is 6.36. The molecule has 0 fully saturated rings. The third-order valence-electron chi connectivity index (χ3n) is 3.86. The zero-order valence-electron chi connectivity index (χ0n) is 12.3. The smallest absolute Gasteiger partial charge is 0.211 e. The molecule has 1 N–H and O–H groups in total. The van der Waals surface area contributed by atoms with E-state index in [2.05, 4.69) is 15.0 Å². The first-order valence-corrected chi connectivity index (χ1v) is 7.97. The molecule has 0 bridgehead atoms. The van der Waals surface area contributed by atoms with Crippen molar-refractivity contribution in [2.75, 3.05) is 0 Å². The van der Waals surface area contributed by atoms with E-state index in [0.717, 1.165) is 22.5 Å². The third kappa shape index (κ3) is 2.56. The van der Waals surface area contributed by atoms with Crippen LogP contribution in [0.5, 0.6) is 0 Å². The van der Waals surface area contributed by atoms with Gasteiger partial charge in [0.25, 0.3) is 0 Å². The first kappa shape index (κ1) is 15.2. The van der Waals surface area contributed by atoms with E-state index in [1.54, 1.807) is 18.6 Å². The van der Waals surface area contributed by atoms with Crippen molar-refractivity contribution < 1.29 is 4.39 Å². The lowest BCUT2D eigenvalue weighted by Crippen LogP contribution is -1.98. The molecule has 120 valence electrons. The number of nitrogens with one attached hydrogen (secondary N) is 1. The number of hydrogen-bond donors (Lipinski definition) is 1. The molecule has 3 heterocycles. The quantitative estimate of drug-likeness (QED) is 0.571. The minimum absolute atomic E-state index is 0.296. The molecule has 0 saturated heterocycles. The van der Waals surface area contributed by atoms with Crippen molar-refractivity contribution in [3.63, 3.8) is 0 Å². The molecule has 0 spiro atoms. The van der Waals surface area contributed by atoms with Crippen molar-refractivity contribution in [1.82, 2.24) is 19.5 Å². The lowest BCUT2D eigenvalue weighted by atomic mass is 10.1. The van der Waals surface area contributed by atoms with Crippen LogP contribution in [0, 0.1) is 5.82 Å². The highest BCUT2D eigenvalue weighted by atomic mass is 35.5. The van der Waals surface area contributed by atoms with Gasteiger partial charge in [-0.1, -0.05) is 23.2 Å². The molecule has 0 unspecified atom stereocenters. The van der Waals surface area contributed by atoms with Gasteiger partial charge in [0.05, 0.1) is 11.2 Å². The van der Waals surface area contributed by atoms with Crippen molar-refractivity contribution in [3.05, 3.63) is 76.2 Å². The molecule has 0 atom stereocenters. The largest absolute Gasteiger partial charge is 0.330 e. The number of nitrogens with zero attached hydrogens (tertiary/aromatic N) is 3. The molecule has 24 heavy (non-hydrogen) atoms. The number of aromatic nitrogens is 4. The molecule has 0 aliphatic carbocycles.